The van der Waals surface area contributed by atoms with Crippen LogP contribution in [0.1, 0.15) is 113 Å². The Kier molecular flexibility index (Phi) is 5.45. The van der Waals surface area contributed by atoms with Crippen LogP contribution in [0.4, 0.5) is 13.2 Å². The van der Waals surface area contributed by atoms with E-state index >= 15 is 0 Å². The van der Waals surface area contributed by atoms with E-state index in [-0.39, 0.29) is 28.5 Å². The Morgan fingerprint density at radius 2 is 1.73 bits per heavy atom. The van der Waals surface area contributed by atoms with Crippen molar-refractivity contribution < 1.29 is 22.8 Å². The third-order valence-corrected chi connectivity index (χ3v) is 7.97. The summed E-state index contributed by atoms with van der Waals surface area (Å²) >= 11 is 0. The molecular weight excluding hydrogens is 427 g/mol. The van der Waals surface area contributed by atoms with E-state index in [9.17, 15) is 22.8 Å². The monoisotopic (exact) mass is 455 g/mol. The molecule has 1 heterocycles. The Labute approximate surface area is 191 Å². The third-order valence-electron chi connectivity index (χ3n) is 7.97. The fourth-order valence-electron chi connectivity index (χ4n) is 6.10. The Morgan fingerprint density at radius 3 is 2.27 bits per heavy atom. The van der Waals surface area contributed by atoms with Gasteiger partial charge in [-0.2, -0.15) is 13.2 Å². The number of nitrogens with zero attached hydrogens (tertiary/aromatic N) is 1. The minimum absolute atomic E-state index is 0.0357. The van der Waals surface area contributed by atoms with Crippen LogP contribution in [0.2, 0.25) is 0 Å². The molecular formula is C27H28F3NO2. The maximum Gasteiger partial charge on any atom is 0.416 e. The maximum atomic E-state index is 13.7. The van der Waals surface area contributed by atoms with Gasteiger partial charge >= 0.3 is 6.18 Å². The first kappa shape index (κ1) is 22.3. The summed E-state index contributed by atoms with van der Waals surface area (Å²) in [5.74, 6) is -0.0994. The summed E-state index contributed by atoms with van der Waals surface area (Å²) in [4.78, 5) is 32.0. The summed E-state index contributed by atoms with van der Waals surface area (Å²) in [6.07, 6.45) is 4.63. The number of benzene rings is 1. The minimum atomic E-state index is -4.46. The van der Waals surface area contributed by atoms with E-state index in [1.54, 1.807) is 0 Å². The predicted octanol–water partition coefficient (Wildman–Crippen LogP) is 6.85. The van der Waals surface area contributed by atoms with Crippen LogP contribution in [0, 0.1) is 5.41 Å². The molecule has 0 aliphatic heterocycles. The highest BCUT2D eigenvalue weighted by molar-refractivity contribution is 6.13. The molecule has 174 valence electrons. The maximum absolute atomic E-state index is 13.7. The summed E-state index contributed by atoms with van der Waals surface area (Å²) in [7, 11) is 0. The zero-order chi connectivity index (χ0) is 23.4. The third kappa shape index (κ3) is 3.81. The predicted molar refractivity (Wildman–Crippen MR) is 119 cm³/mol. The van der Waals surface area contributed by atoms with Crippen LogP contribution in [0.5, 0.6) is 0 Å². The molecule has 2 saturated carbocycles. The number of rotatable bonds is 4. The average molecular weight is 456 g/mol. The number of carbonyl (C=O) groups excluding carboxylic acids is 2. The lowest BCUT2D eigenvalue weighted by Gasteiger charge is -2.45. The molecule has 6 heteroatoms. The number of Topliss-reactive ketones (excluding diaryl/α,β-unsaturated/α-hetero) is 1. The number of pyridine rings is 1. The molecule has 0 saturated heterocycles. The Balaban J connectivity index is 1.65. The highest BCUT2D eigenvalue weighted by Gasteiger charge is 2.45. The van der Waals surface area contributed by atoms with Gasteiger partial charge in [-0.05, 0) is 61.6 Å². The van der Waals surface area contributed by atoms with Crippen LogP contribution >= 0.6 is 0 Å². The van der Waals surface area contributed by atoms with Gasteiger partial charge in [-0.1, -0.05) is 38.3 Å². The van der Waals surface area contributed by atoms with Crippen molar-refractivity contribution in [1.82, 2.24) is 4.98 Å². The molecule has 2 fully saturated rings. The lowest BCUT2D eigenvalue weighted by atomic mass is 9.59. The number of hydrogen-bond donors (Lipinski definition) is 0. The Hall–Kier alpha value is -2.50. The van der Waals surface area contributed by atoms with Gasteiger partial charge in [0.25, 0.3) is 0 Å². The van der Waals surface area contributed by atoms with Gasteiger partial charge in [0.2, 0.25) is 0 Å². The molecule has 0 bridgehead atoms. The van der Waals surface area contributed by atoms with Crippen molar-refractivity contribution in [3.05, 3.63) is 63.5 Å². The summed E-state index contributed by atoms with van der Waals surface area (Å²) in [5.41, 5.74) is 2.87. The summed E-state index contributed by atoms with van der Waals surface area (Å²) < 4.78 is 39.1. The number of alkyl halides is 3. The summed E-state index contributed by atoms with van der Waals surface area (Å²) in [5, 5.41) is 0. The van der Waals surface area contributed by atoms with Crippen molar-refractivity contribution in [2.45, 2.75) is 83.2 Å². The van der Waals surface area contributed by atoms with Gasteiger partial charge in [0.05, 0.1) is 17.0 Å². The van der Waals surface area contributed by atoms with Gasteiger partial charge in [0.15, 0.2) is 11.6 Å². The van der Waals surface area contributed by atoms with Crippen LogP contribution in [0.15, 0.2) is 24.3 Å². The van der Waals surface area contributed by atoms with Crippen LogP contribution in [-0.2, 0) is 19.0 Å². The standard InChI is InChI=1S/C27H28F3NO2/c1-2-19-22-20(14-26(12-5-13-26)15-21(22)32)31-24(16-6-3-4-7-16)23(19)25(33)17-8-10-18(11-9-17)27(28,29)30/h8-11,16H,2-7,12-15H2,1H3. The molecule has 0 unspecified atom stereocenters. The fraction of sp³-hybridized carbons (Fsp3) is 0.519. The number of aromatic nitrogens is 1. The van der Waals surface area contributed by atoms with Gasteiger partial charge in [0, 0.05) is 29.0 Å². The van der Waals surface area contributed by atoms with Crippen LogP contribution < -0.4 is 0 Å². The molecule has 3 aliphatic carbocycles. The lowest BCUT2D eigenvalue weighted by molar-refractivity contribution is -0.137. The van der Waals surface area contributed by atoms with Crippen molar-refractivity contribution in [2.75, 3.05) is 0 Å². The number of fused-ring (bicyclic) bond motifs is 1. The van der Waals surface area contributed by atoms with Crippen molar-refractivity contribution in [1.29, 1.82) is 0 Å². The largest absolute Gasteiger partial charge is 0.416 e. The molecule has 1 spiro atoms. The molecule has 0 radical (unpaired) electrons. The van der Waals surface area contributed by atoms with E-state index in [0.29, 0.717) is 24.0 Å². The van der Waals surface area contributed by atoms with Gasteiger partial charge in [-0.25, -0.2) is 0 Å². The molecule has 3 nitrogen and oxygen atoms in total. The number of hydrogen-bond acceptors (Lipinski definition) is 3. The molecule has 33 heavy (non-hydrogen) atoms. The molecule has 3 aliphatic rings. The first-order valence-electron chi connectivity index (χ1n) is 12.0. The Morgan fingerprint density at radius 1 is 1.06 bits per heavy atom. The van der Waals surface area contributed by atoms with E-state index in [0.717, 1.165) is 80.5 Å². The van der Waals surface area contributed by atoms with Crippen LogP contribution in [0.25, 0.3) is 0 Å². The van der Waals surface area contributed by atoms with Gasteiger partial charge in [-0.3, -0.25) is 14.6 Å². The summed E-state index contributed by atoms with van der Waals surface area (Å²) in [6.45, 7) is 1.94. The van der Waals surface area contributed by atoms with Gasteiger partial charge in [-0.15, -0.1) is 0 Å². The summed E-state index contributed by atoms with van der Waals surface area (Å²) in [6, 6.07) is 4.39. The van der Waals surface area contributed by atoms with Crippen LogP contribution in [0.3, 0.4) is 0 Å². The molecule has 1 aromatic heterocycles. The fourth-order valence-corrected chi connectivity index (χ4v) is 6.10. The highest BCUT2D eigenvalue weighted by atomic mass is 19.4. The smallest absolute Gasteiger partial charge is 0.294 e. The minimum Gasteiger partial charge on any atom is -0.294 e. The van der Waals surface area contributed by atoms with E-state index in [4.69, 9.17) is 4.98 Å². The van der Waals surface area contributed by atoms with Crippen molar-refractivity contribution in [3.63, 3.8) is 0 Å². The van der Waals surface area contributed by atoms with Gasteiger partial charge in [0.1, 0.15) is 0 Å². The second-order valence-electron chi connectivity index (χ2n) is 10.0. The van der Waals surface area contributed by atoms with E-state index in [2.05, 4.69) is 0 Å². The first-order valence-corrected chi connectivity index (χ1v) is 12.0. The molecule has 0 amide bonds. The molecule has 1 aromatic carbocycles. The number of ketones is 2. The van der Waals surface area contributed by atoms with Gasteiger partial charge < -0.3 is 0 Å². The average Bonchev–Trinajstić information content (AvgIpc) is 3.30. The first-order chi connectivity index (χ1) is 15.7. The SMILES string of the molecule is CCc1c2c(nc(C3CCCC3)c1C(=O)c1ccc(C(F)(F)F)cc1)CC1(CCC1)CC2=O. The topological polar surface area (TPSA) is 47.0 Å². The normalized spacial score (nSPS) is 20.1. The lowest BCUT2D eigenvalue weighted by Crippen LogP contribution is -2.39. The molecule has 2 aromatic rings. The molecule has 5 rings (SSSR count). The van der Waals surface area contributed by atoms with Crippen molar-refractivity contribution in [2.24, 2.45) is 5.41 Å². The van der Waals surface area contributed by atoms with Crippen molar-refractivity contribution >= 4 is 11.6 Å². The van der Waals surface area contributed by atoms with E-state index in [1.165, 1.54) is 12.1 Å². The van der Waals surface area contributed by atoms with Crippen LogP contribution in [-0.4, -0.2) is 16.6 Å². The zero-order valence-electron chi connectivity index (χ0n) is 18.9. The van der Waals surface area contributed by atoms with Crippen molar-refractivity contribution in [3.8, 4) is 0 Å². The van der Waals surface area contributed by atoms with E-state index < -0.39 is 11.7 Å². The molecule has 0 N–H and O–H groups in total. The second kappa shape index (κ2) is 8.07. The number of halogens is 3. The molecule has 0 atom stereocenters. The quantitative estimate of drug-likeness (QED) is 0.474. The second-order valence-corrected chi connectivity index (χ2v) is 10.0. The highest BCUT2D eigenvalue weighted by Crippen LogP contribution is 2.51. The van der Waals surface area contributed by atoms with E-state index in [1.807, 2.05) is 6.92 Å². The number of carbonyl (C=O) groups is 2. The Bertz CT molecular complexity index is 1110. The zero-order valence-corrected chi connectivity index (χ0v) is 18.9.